The molecular weight excluding hydrogens is 334 g/mol. The third-order valence-corrected chi connectivity index (χ3v) is 4.30. The lowest BCUT2D eigenvalue weighted by atomic mass is 10.1. The summed E-state index contributed by atoms with van der Waals surface area (Å²) < 4.78 is 0. The Bertz CT molecular complexity index is 786. The molecule has 8 heteroatoms. The van der Waals surface area contributed by atoms with Crippen LogP contribution in [-0.2, 0) is 11.3 Å². The van der Waals surface area contributed by atoms with Crippen LogP contribution in [0.5, 0.6) is 0 Å². The van der Waals surface area contributed by atoms with Crippen molar-refractivity contribution in [3.8, 4) is 11.3 Å². The number of hydrogen-bond donors (Lipinski definition) is 2. The van der Waals surface area contributed by atoms with Crippen LogP contribution in [-0.4, -0.2) is 58.2 Å². The van der Waals surface area contributed by atoms with Crippen LogP contribution in [0.25, 0.3) is 11.3 Å². The number of hydrogen-bond acceptors (Lipinski definition) is 5. The molecule has 1 aromatic heterocycles. The fourth-order valence-electron chi connectivity index (χ4n) is 2.88. The standard InChI is InChI=1S/C18H21N5O3/c1-13(24)21-12-14-2-4-15(5-3-14)16-17(20-7-6-19-16)22-8-10-23(11-9-22)18(25)26/h2-7H,8-12H2,1H3,(H,21,24)(H,25,26). The first-order chi connectivity index (χ1) is 12.5. The van der Waals surface area contributed by atoms with E-state index in [1.54, 1.807) is 12.4 Å². The molecule has 0 bridgehead atoms. The van der Waals surface area contributed by atoms with Gasteiger partial charge < -0.3 is 20.2 Å². The van der Waals surface area contributed by atoms with Gasteiger partial charge in [-0.2, -0.15) is 0 Å². The largest absolute Gasteiger partial charge is 0.465 e. The van der Waals surface area contributed by atoms with Gasteiger partial charge in [-0.25, -0.2) is 9.78 Å². The van der Waals surface area contributed by atoms with Gasteiger partial charge in [-0.15, -0.1) is 0 Å². The number of piperazine rings is 1. The number of carbonyl (C=O) groups is 2. The lowest BCUT2D eigenvalue weighted by molar-refractivity contribution is -0.119. The van der Waals surface area contributed by atoms with Gasteiger partial charge in [0, 0.05) is 57.6 Å². The van der Waals surface area contributed by atoms with E-state index in [2.05, 4.69) is 20.2 Å². The molecule has 0 atom stereocenters. The van der Waals surface area contributed by atoms with Crippen molar-refractivity contribution in [3.05, 3.63) is 42.2 Å². The summed E-state index contributed by atoms with van der Waals surface area (Å²) in [5.41, 5.74) is 2.70. The molecule has 26 heavy (non-hydrogen) atoms. The molecule has 1 aliphatic heterocycles. The van der Waals surface area contributed by atoms with Crippen LogP contribution in [0.1, 0.15) is 12.5 Å². The number of nitrogens with one attached hydrogen (secondary N) is 1. The minimum absolute atomic E-state index is 0.0641. The molecule has 2 amide bonds. The summed E-state index contributed by atoms with van der Waals surface area (Å²) in [5.74, 6) is 0.693. The van der Waals surface area contributed by atoms with Gasteiger partial charge >= 0.3 is 6.09 Å². The summed E-state index contributed by atoms with van der Waals surface area (Å²) in [6.07, 6.45) is 2.41. The van der Waals surface area contributed by atoms with Crippen LogP contribution in [0.2, 0.25) is 0 Å². The van der Waals surface area contributed by atoms with E-state index in [0.717, 1.165) is 22.6 Å². The number of carboxylic acid groups (broad SMARTS) is 1. The minimum atomic E-state index is -0.890. The van der Waals surface area contributed by atoms with Crippen molar-refractivity contribution in [1.29, 1.82) is 0 Å². The molecule has 136 valence electrons. The predicted octanol–water partition coefficient (Wildman–Crippen LogP) is 1.58. The lowest BCUT2D eigenvalue weighted by Crippen LogP contribution is -2.48. The molecule has 1 saturated heterocycles. The van der Waals surface area contributed by atoms with Crippen LogP contribution in [0.15, 0.2) is 36.7 Å². The minimum Gasteiger partial charge on any atom is -0.465 e. The third kappa shape index (κ3) is 4.08. The smallest absolute Gasteiger partial charge is 0.407 e. The Morgan fingerprint density at radius 2 is 1.73 bits per heavy atom. The number of nitrogens with zero attached hydrogens (tertiary/aromatic N) is 4. The predicted molar refractivity (Wildman–Crippen MR) is 96.8 cm³/mol. The summed E-state index contributed by atoms with van der Waals surface area (Å²) in [7, 11) is 0. The normalized spacial score (nSPS) is 14.2. The zero-order valence-corrected chi connectivity index (χ0v) is 14.6. The first kappa shape index (κ1) is 17.7. The molecule has 2 heterocycles. The van der Waals surface area contributed by atoms with Crippen molar-refractivity contribution in [3.63, 3.8) is 0 Å². The van der Waals surface area contributed by atoms with Crippen molar-refractivity contribution in [2.75, 3.05) is 31.1 Å². The third-order valence-electron chi connectivity index (χ3n) is 4.30. The van der Waals surface area contributed by atoms with Gasteiger partial charge in [0.2, 0.25) is 5.91 Å². The Hall–Kier alpha value is -3.16. The van der Waals surface area contributed by atoms with E-state index in [4.69, 9.17) is 5.11 Å². The fourth-order valence-corrected chi connectivity index (χ4v) is 2.88. The maximum Gasteiger partial charge on any atom is 0.407 e. The summed E-state index contributed by atoms with van der Waals surface area (Å²) in [4.78, 5) is 34.5. The molecule has 2 N–H and O–H groups in total. The van der Waals surface area contributed by atoms with E-state index in [-0.39, 0.29) is 5.91 Å². The summed E-state index contributed by atoms with van der Waals surface area (Å²) in [5, 5.41) is 11.9. The quantitative estimate of drug-likeness (QED) is 0.864. The van der Waals surface area contributed by atoms with E-state index in [1.165, 1.54) is 11.8 Å². The number of carbonyl (C=O) groups excluding carboxylic acids is 1. The molecule has 2 aromatic rings. The average molecular weight is 355 g/mol. The summed E-state index contributed by atoms with van der Waals surface area (Å²) in [6, 6.07) is 7.81. The molecule has 3 rings (SSSR count). The van der Waals surface area contributed by atoms with Crippen LogP contribution >= 0.6 is 0 Å². The van der Waals surface area contributed by atoms with E-state index < -0.39 is 6.09 Å². The van der Waals surface area contributed by atoms with E-state index in [0.29, 0.717) is 32.7 Å². The molecule has 1 fully saturated rings. The Balaban J connectivity index is 1.77. The molecule has 1 aromatic carbocycles. The highest BCUT2D eigenvalue weighted by atomic mass is 16.4. The van der Waals surface area contributed by atoms with E-state index in [1.807, 2.05) is 24.3 Å². The Labute approximate surface area is 151 Å². The fraction of sp³-hybridized carbons (Fsp3) is 0.333. The van der Waals surface area contributed by atoms with E-state index in [9.17, 15) is 9.59 Å². The number of anilines is 1. The topological polar surface area (TPSA) is 98.7 Å². The number of rotatable bonds is 4. The molecule has 0 spiro atoms. The molecule has 8 nitrogen and oxygen atoms in total. The summed E-state index contributed by atoms with van der Waals surface area (Å²) >= 11 is 0. The van der Waals surface area contributed by atoms with Crippen molar-refractivity contribution in [2.45, 2.75) is 13.5 Å². The van der Waals surface area contributed by atoms with E-state index >= 15 is 0 Å². The highest BCUT2D eigenvalue weighted by Crippen LogP contribution is 2.27. The highest BCUT2D eigenvalue weighted by molar-refractivity contribution is 5.74. The monoisotopic (exact) mass is 355 g/mol. The Morgan fingerprint density at radius 3 is 2.35 bits per heavy atom. The number of aromatic nitrogens is 2. The first-order valence-corrected chi connectivity index (χ1v) is 8.42. The first-order valence-electron chi connectivity index (χ1n) is 8.42. The van der Waals surface area contributed by atoms with Crippen LogP contribution in [0, 0.1) is 0 Å². The van der Waals surface area contributed by atoms with Crippen LogP contribution in [0.3, 0.4) is 0 Å². The van der Waals surface area contributed by atoms with Crippen molar-refractivity contribution in [1.82, 2.24) is 20.2 Å². The highest BCUT2D eigenvalue weighted by Gasteiger charge is 2.23. The maximum atomic E-state index is 11.1. The van der Waals surface area contributed by atoms with Crippen molar-refractivity contribution >= 4 is 17.8 Å². The molecule has 1 aliphatic rings. The van der Waals surface area contributed by atoms with Gasteiger partial charge in [0.05, 0.1) is 0 Å². The van der Waals surface area contributed by atoms with Crippen LogP contribution < -0.4 is 10.2 Å². The Morgan fingerprint density at radius 1 is 1.08 bits per heavy atom. The second-order valence-electron chi connectivity index (χ2n) is 6.09. The summed E-state index contributed by atoms with van der Waals surface area (Å²) in [6.45, 7) is 4.03. The van der Waals surface area contributed by atoms with Crippen molar-refractivity contribution in [2.24, 2.45) is 0 Å². The van der Waals surface area contributed by atoms with Gasteiger partial charge in [-0.3, -0.25) is 9.78 Å². The molecule has 0 aliphatic carbocycles. The van der Waals surface area contributed by atoms with Gasteiger partial charge in [0.25, 0.3) is 0 Å². The molecule has 0 saturated carbocycles. The van der Waals surface area contributed by atoms with Crippen LogP contribution in [0.4, 0.5) is 10.6 Å². The molecular formula is C18H21N5O3. The second-order valence-corrected chi connectivity index (χ2v) is 6.09. The second kappa shape index (κ2) is 7.81. The van der Waals surface area contributed by atoms with Gasteiger partial charge in [0.1, 0.15) is 5.69 Å². The zero-order chi connectivity index (χ0) is 18.5. The van der Waals surface area contributed by atoms with Gasteiger partial charge in [0.15, 0.2) is 5.82 Å². The average Bonchev–Trinajstić information content (AvgIpc) is 2.67. The van der Waals surface area contributed by atoms with Gasteiger partial charge in [-0.1, -0.05) is 24.3 Å². The number of benzene rings is 1. The maximum absolute atomic E-state index is 11.1. The lowest BCUT2D eigenvalue weighted by Gasteiger charge is -2.34. The number of amides is 2. The van der Waals surface area contributed by atoms with Crippen molar-refractivity contribution < 1.29 is 14.7 Å². The SMILES string of the molecule is CC(=O)NCc1ccc(-c2nccnc2N2CCN(C(=O)O)CC2)cc1. The molecule has 0 radical (unpaired) electrons. The van der Waals surface area contributed by atoms with Gasteiger partial charge in [-0.05, 0) is 5.56 Å². The Kier molecular flexibility index (Phi) is 5.31. The molecule has 0 unspecified atom stereocenters. The zero-order valence-electron chi connectivity index (χ0n) is 14.6.